The first-order chi connectivity index (χ1) is 6.66. The first kappa shape index (κ1) is 10.4. The Labute approximate surface area is 93.9 Å². The zero-order valence-electron chi connectivity index (χ0n) is 8.53. The van der Waals surface area contributed by atoms with E-state index in [-0.39, 0.29) is 0 Å². The molecule has 78 valence electrons. The maximum atomic E-state index is 5.88. The van der Waals surface area contributed by atoms with Gasteiger partial charge in [-0.05, 0) is 26.8 Å². The summed E-state index contributed by atoms with van der Waals surface area (Å²) in [5.41, 5.74) is 0. The second kappa shape index (κ2) is 4.17. The van der Waals surface area contributed by atoms with Crippen LogP contribution in [0.4, 0.5) is 0 Å². The monoisotopic (exact) mass is 230 g/mol. The highest BCUT2D eigenvalue weighted by molar-refractivity contribution is 7.15. The minimum Gasteiger partial charge on any atom is -0.300 e. The van der Waals surface area contributed by atoms with E-state index in [1.165, 1.54) is 18.0 Å². The van der Waals surface area contributed by atoms with Gasteiger partial charge in [0.2, 0.25) is 0 Å². The third kappa shape index (κ3) is 2.10. The van der Waals surface area contributed by atoms with Gasteiger partial charge in [-0.2, -0.15) is 0 Å². The molecule has 1 atom stereocenters. The topological polar surface area (TPSA) is 16.1 Å². The molecule has 2 rings (SSSR count). The molecule has 0 N–H and O–H groups in total. The van der Waals surface area contributed by atoms with Crippen molar-refractivity contribution < 1.29 is 0 Å². The maximum absolute atomic E-state index is 5.88. The molecule has 0 bridgehead atoms. The number of hydrogen-bond acceptors (Lipinski definition) is 3. The lowest BCUT2D eigenvalue weighted by Gasteiger charge is -2.19. The van der Waals surface area contributed by atoms with Crippen molar-refractivity contribution in [3.05, 3.63) is 15.5 Å². The molecule has 4 heteroatoms. The Kier molecular flexibility index (Phi) is 3.10. The first-order valence-corrected chi connectivity index (χ1v) is 6.21. The number of likely N-dealkylation sites (tertiary alicyclic amines) is 1. The lowest BCUT2D eigenvalue weighted by atomic mass is 10.1. The van der Waals surface area contributed by atoms with Crippen LogP contribution in [0, 0.1) is 0 Å². The van der Waals surface area contributed by atoms with Crippen LogP contribution in [-0.4, -0.2) is 29.0 Å². The van der Waals surface area contributed by atoms with E-state index in [2.05, 4.69) is 23.7 Å². The average Bonchev–Trinajstić information content (AvgIpc) is 2.70. The number of rotatable bonds is 2. The summed E-state index contributed by atoms with van der Waals surface area (Å²) < 4.78 is 0.808. The maximum Gasteiger partial charge on any atom is 0.113 e. The number of hydrogen-bond donors (Lipinski definition) is 0. The van der Waals surface area contributed by atoms with Crippen LogP contribution in [0.2, 0.25) is 4.34 Å². The van der Waals surface area contributed by atoms with Crippen LogP contribution in [0.1, 0.15) is 31.2 Å². The molecule has 0 aliphatic carbocycles. The van der Waals surface area contributed by atoms with Gasteiger partial charge in [0.05, 0.1) is 11.2 Å². The summed E-state index contributed by atoms with van der Waals surface area (Å²) in [4.78, 5) is 6.85. The fourth-order valence-electron chi connectivity index (χ4n) is 1.91. The van der Waals surface area contributed by atoms with E-state index in [0.717, 1.165) is 10.9 Å². The Bertz CT molecular complexity index is 311. The zero-order chi connectivity index (χ0) is 10.1. The molecule has 1 unspecified atom stereocenters. The van der Waals surface area contributed by atoms with Crippen LogP contribution in [0.25, 0.3) is 0 Å². The van der Waals surface area contributed by atoms with E-state index in [9.17, 15) is 0 Å². The molecule has 1 aromatic heterocycles. The Balaban J connectivity index is 2.02. The van der Waals surface area contributed by atoms with Crippen molar-refractivity contribution in [3.63, 3.8) is 0 Å². The summed E-state index contributed by atoms with van der Waals surface area (Å²) in [5, 5.41) is 1.21. The normalized spacial score (nSPS) is 23.6. The van der Waals surface area contributed by atoms with E-state index in [0.29, 0.717) is 12.0 Å². The largest absolute Gasteiger partial charge is 0.300 e. The molecule has 14 heavy (non-hydrogen) atoms. The van der Waals surface area contributed by atoms with Gasteiger partial charge in [0, 0.05) is 18.5 Å². The summed E-state index contributed by atoms with van der Waals surface area (Å²) in [6.07, 6.45) is 2.99. The third-order valence-corrected chi connectivity index (χ3v) is 4.07. The lowest BCUT2D eigenvalue weighted by Crippen LogP contribution is -2.27. The van der Waals surface area contributed by atoms with E-state index in [1.54, 1.807) is 17.5 Å². The molecule has 0 radical (unpaired) electrons. The molecule has 1 fully saturated rings. The van der Waals surface area contributed by atoms with Crippen molar-refractivity contribution in [2.45, 2.75) is 32.2 Å². The molecule has 0 saturated carbocycles. The highest BCUT2D eigenvalue weighted by Gasteiger charge is 2.27. The van der Waals surface area contributed by atoms with Crippen molar-refractivity contribution in [3.8, 4) is 0 Å². The van der Waals surface area contributed by atoms with Gasteiger partial charge in [0.15, 0.2) is 0 Å². The van der Waals surface area contributed by atoms with Crippen LogP contribution in [0.5, 0.6) is 0 Å². The molecule has 0 amide bonds. The summed E-state index contributed by atoms with van der Waals surface area (Å²) in [7, 11) is 0. The predicted octanol–water partition coefficient (Wildman–Crippen LogP) is 2.99. The number of nitrogens with zero attached hydrogens (tertiary/aromatic N) is 2. The number of halogens is 1. The second-order valence-corrected chi connectivity index (χ2v) is 5.77. The van der Waals surface area contributed by atoms with Crippen LogP contribution in [-0.2, 0) is 0 Å². The SMILES string of the molecule is CC(C)N1CCC(c2ncc(Cl)s2)C1. The van der Waals surface area contributed by atoms with Gasteiger partial charge in [0.25, 0.3) is 0 Å². The number of aromatic nitrogens is 1. The van der Waals surface area contributed by atoms with Gasteiger partial charge in [0.1, 0.15) is 4.34 Å². The molecule has 1 aliphatic heterocycles. The summed E-state index contributed by atoms with van der Waals surface area (Å²) in [6.45, 7) is 6.83. The molecular formula is C10H15ClN2S. The van der Waals surface area contributed by atoms with Crippen molar-refractivity contribution >= 4 is 22.9 Å². The van der Waals surface area contributed by atoms with Crippen molar-refractivity contribution in [2.75, 3.05) is 13.1 Å². The van der Waals surface area contributed by atoms with Gasteiger partial charge in [-0.1, -0.05) is 11.6 Å². The molecule has 2 nitrogen and oxygen atoms in total. The molecule has 0 spiro atoms. The smallest absolute Gasteiger partial charge is 0.113 e. The summed E-state index contributed by atoms with van der Waals surface area (Å²) >= 11 is 7.51. The Morgan fingerprint density at radius 3 is 2.93 bits per heavy atom. The van der Waals surface area contributed by atoms with E-state index in [4.69, 9.17) is 11.6 Å². The minimum absolute atomic E-state index is 0.606. The van der Waals surface area contributed by atoms with Crippen LogP contribution < -0.4 is 0 Å². The molecule has 0 aromatic carbocycles. The lowest BCUT2D eigenvalue weighted by molar-refractivity contribution is 0.272. The fraction of sp³-hybridized carbons (Fsp3) is 0.700. The van der Waals surface area contributed by atoms with Gasteiger partial charge in [-0.15, -0.1) is 11.3 Å². The molecule has 2 heterocycles. The Morgan fingerprint density at radius 2 is 2.43 bits per heavy atom. The van der Waals surface area contributed by atoms with E-state index in [1.807, 2.05) is 0 Å². The third-order valence-electron chi connectivity index (χ3n) is 2.79. The van der Waals surface area contributed by atoms with Gasteiger partial charge >= 0.3 is 0 Å². The van der Waals surface area contributed by atoms with Crippen LogP contribution in [0.15, 0.2) is 6.20 Å². The van der Waals surface area contributed by atoms with E-state index >= 15 is 0 Å². The highest BCUT2D eigenvalue weighted by atomic mass is 35.5. The summed E-state index contributed by atoms with van der Waals surface area (Å²) in [6, 6.07) is 0.649. The van der Waals surface area contributed by atoms with Crippen LogP contribution >= 0.6 is 22.9 Å². The molecule has 1 saturated heterocycles. The summed E-state index contributed by atoms with van der Waals surface area (Å²) in [5.74, 6) is 0.606. The van der Waals surface area contributed by atoms with Crippen molar-refractivity contribution in [1.82, 2.24) is 9.88 Å². The average molecular weight is 231 g/mol. The van der Waals surface area contributed by atoms with Gasteiger partial charge < -0.3 is 4.90 Å². The molecule has 1 aromatic rings. The first-order valence-electron chi connectivity index (χ1n) is 5.02. The Morgan fingerprint density at radius 1 is 1.64 bits per heavy atom. The van der Waals surface area contributed by atoms with E-state index < -0.39 is 0 Å². The highest BCUT2D eigenvalue weighted by Crippen LogP contribution is 2.32. The standard InChI is InChI=1S/C10H15ClN2S/c1-7(2)13-4-3-8(6-13)10-12-5-9(11)14-10/h5,7-8H,3-4,6H2,1-2H3. The second-order valence-electron chi connectivity index (χ2n) is 4.08. The van der Waals surface area contributed by atoms with Gasteiger partial charge in [-0.25, -0.2) is 4.98 Å². The van der Waals surface area contributed by atoms with Crippen molar-refractivity contribution in [2.24, 2.45) is 0 Å². The fourth-order valence-corrected chi connectivity index (χ4v) is 2.97. The quantitative estimate of drug-likeness (QED) is 0.777. The van der Waals surface area contributed by atoms with Crippen molar-refractivity contribution in [1.29, 1.82) is 0 Å². The van der Waals surface area contributed by atoms with Crippen LogP contribution in [0.3, 0.4) is 0 Å². The molecular weight excluding hydrogens is 216 g/mol. The minimum atomic E-state index is 0.606. The predicted molar refractivity (Wildman–Crippen MR) is 61.2 cm³/mol. The molecule has 1 aliphatic rings. The number of thiazole rings is 1. The van der Waals surface area contributed by atoms with Gasteiger partial charge in [-0.3, -0.25) is 0 Å². The Hall–Kier alpha value is -0.120. The zero-order valence-corrected chi connectivity index (χ0v) is 10.1.